The van der Waals surface area contributed by atoms with Gasteiger partial charge in [0.05, 0.1) is 5.52 Å². The summed E-state index contributed by atoms with van der Waals surface area (Å²) >= 11 is 6.42. The Morgan fingerprint density at radius 3 is 2.70 bits per heavy atom. The Morgan fingerprint density at radius 1 is 1.26 bits per heavy atom. The smallest absolute Gasteiger partial charge is 0.246 e. The van der Waals surface area contributed by atoms with Gasteiger partial charge in [-0.25, -0.2) is 9.97 Å². The molecule has 1 saturated carbocycles. The van der Waals surface area contributed by atoms with Crippen LogP contribution in [0.4, 0.5) is 5.82 Å². The maximum absolute atomic E-state index is 12.0. The van der Waals surface area contributed by atoms with Crippen LogP contribution in [0.2, 0.25) is 5.02 Å². The van der Waals surface area contributed by atoms with Gasteiger partial charge < -0.3 is 15.5 Å². The molecule has 27 heavy (non-hydrogen) atoms. The van der Waals surface area contributed by atoms with E-state index in [0.29, 0.717) is 19.0 Å². The van der Waals surface area contributed by atoms with E-state index in [1.165, 1.54) is 17.3 Å². The number of primary amides is 1. The number of fused-ring (bicyclic) bond motifs is 1. The van der Waals surface area contributed by atoms with Gasteiger partial charge in [-0.05, 0) is 42.5 Å². The second kappa shape index (κ2) is 6.81. The number of benzene rings is 1. The summed E-state index contributed by atoms with van der Waals surface area (Å²) < 4.78 is 0. The third kappa shape index (κ3) is 3.23. The first-order valence-electron chi connectivity index (χ1n) is 8.91. The molecular formula is C19H20ClN5O2. The van der Waals surface area contributed by atoms with Gasteiger partial charge in [0.1, 0.15) is 18.2 Å². The van der Waals surface area contributed by atoms with E-state index in [1.54, 1.807) is 0 Å². The normalized spacial score (nSPS) is 20.0. The van der Waals surface area contributed by atoms with Crippen LogP contribution in [0.3, 0.4) is 0 Å². The third-order valence-corrected chi connectivity index (χ3v) is 5.54. The SMILES string of the molecule is C=CC(=O)N1CCN(c2ncnc3cc(Cl)c(C4CC4)cc23)CC1C(N)=O. The molecule has 0 bridgehead atoms. The second-order valence-corrected chi connectivity index (χ2v) is 7.37. The number of carbonyl (C=O) groups excluding carboxylic acids is 2. The highest BCUT2D eigenvalue weighted by atomic mass is 35.5. The molecule has 1 aromatic carbocycles. The van der Waals surface area contributed by atoms with Crippen LogP contribution < -0.4 is 10.6 Å². The third-order valence-electron chi connectivity index (χ3n) is 5.22. The molecule has 2 N–H and O–H groups in total. The highest BCUT2D eigenvalue weighted by Crippen LogP contribution is 2.45. The number of nitrogens with zero attached hydrogens (tertiary/aromatic N) is 4. The van der Waals surface area contributed by atoms with Gasteiger partial charge in [0.25, 0.3) is 0 Å². The van der Waals surface area contributed by atoms with Gasteiger partial charge >= 0.3 is 0 Å². The number of aromatic nitrogens is 2. The van der Waals surface area contributed by atoms with E-state index in [0.717, 1.165) is 40.1 Å². The lowest BCUT2D eigenvalue weighted by atomic mass is 10.1. The predicted octanol–water partition coefficient (Wildman–Crippen LogP) is 1.85. The molecule has 4 rings (SSSR count). The minimum absolute atomic E-state index is 0.280. The summed E-state index contributed by atoms with van der Waals surface area (Å²) in [5, 5.41) is 1.63. The molecule has 1 saturated heterocycles. The van der Waals surface area contributed by atoms with Crippen molar-refractivity contribution in [3.8, 4) is 0 Å². The van der Waals surface area contributed by atoms with Crippen LogP contribution in [0.1, 0.15) is 24.3 Å². The second-order valence-electron chi connectivity index (χ2n) is 6.96. The number of hydrogen-bond donors (Lipinski definition) is 1. The summed E-state index contributed by atoms with van der Waals surface area (Å²) in [6.45, 7) is 4.68. The minimum Gasteiger partial charge on any atom is -0.368 e. The largest absolute Gasteiger partial charge is 0.368 e. The standard InChI is InChI=1S/C19H20ClN5O2/c1-2-17(26)25-6-5-24(9-16(25)18(21)27)19-13-7-12(11-3-4-11)14(20)8-15(13)22-10-23-19/h2,7-8,10-11,16H,1,3-6,9H2,(H2,21,27). The molecule has 2 aromatic rings. The van der Waals surface area contributed by atoms with Crippen LogP contribution in [0, 0.1) is 0 Å². The van der Waals surface area contributed by atoms with E-state index in [9.17, 15) is 9.59 Å². The summed E-state index contributed by atoms with van der Waals surface area (Å²) in [5.41, 5.74) is 7.43. The first-order chi connectivity index (χ1) is 13.0. The Hall–Kier alpha value is -2.67. The average Bonchev–Trinajstić information content (AvgIpc) is 3.50. The molecule has 0 spiro atoms. The van der Waals surface area contributed by atoms with E-state index in [1.807, 2.05) is 11.0 Å². The first-order valence-corrected chi connectivity index (χ1v) is 9.29. The van der Waals surface area contributed by atoms with Gasteiger partial charge in [-0.1, -0.05) is 18.2 Å². The Kier molecular flexibility index (Phi) is 4.47. The van der Waals surface area contributed by atoms with E-state index >= 15 is 0 Å². The molecule has 1 atom stereocenters. The van der Waals surface area contributed by atoms with Crippen molar-refractivity contribution in [3.05, 3.63) is 41.7 Å². The van der Waals surface area contributed by atoms with Crippen LogP contribution in [0.5, 0.6) is 0 Å². The zero-order valence-electron chi connectivity index (χ0n) is 14.8. The van der Waals surface area contributed by atoms with Crippen LogP contribution in [-0.2, 0) is 9.59 Å². The van der Waals surface area contributed by atoms with Gasteiger partial charge in [0, 0.05) is 30.0 Å². The fourth-order valence-electron chi connectivity index (χ4n) is 3.64. The molecule has 2 fully saturated rings. The number of hydrogen-bond acceptors (Lipinski definition) is 5. The molecular weight excluding hydrogens is 366 g/mol. The van der Waals surface area contributed by atoms with Crippen molar-refractivity contribution < 1.29 is 9.59 Å². The van der Waals surface area contributed by atoms with Gasteiger partial charge in [-0.3, -0.25) is 9.59 Å². The molecule has 140 valence electrons. The van der Waals surface area contributed by atoms with Crippen molar-refractivity contribution >= 4 is 40.1 Å². The number of halogens is 1. The summed E-state index contributed by atoms with van der Waals surface area (Å²) in [6.07, 6.45) is 4.97. The fraction of sp³-hybridized carbons (Fsp3) is 0.368. The zero-order chi connectivity index (χ0) is 19.1. The molecule has 8 heteroatoms. The lowest BCUT2D eigenvalue weighted by Crippen LogP contribution is -2.59. The maximum Gasteiger partial charge on any atom is 0.246 e. The lowest BCUT2D eigenvalue weighted by molar-refractivity contribution is -0.136. The average molecular weight is 386 g/mol. The van der Waals surface area contributed by atoms with Gasteiger partial charge in [-0.15, -0.1) is 0 Å². The summed E-state index contributed by atoms with van der Waals surface area (Å²) in [7, 11) is 0. The van der Waals surface area contributed by atoms with Crippen LogP contribution in [0.25, 0.3) is 10.9 Å². The molecule has 2 amide bonds. The first kappa shape index (κ1) is 17.7. The quantitative estimate of drug-likeness (QED) is 0.811. The van der Waals surface area contributed by atoms with Gasteiger partial charge in [-0.2, -0.15) is 0 Å². The molecule has 1 aliphatic heterocycles. The Morgan fingerprint density at radius 2 is 2.04 bits per heavy atom. The van der Waals surface area contributed by atoms with E-state index in [4.69, 9.17) is 17.3 Å². The predicted molar refractivity (Wildman–Crippen MR) is 104 cm³/mol. The topological polar surface area (TPSA) is 92.4 Å². The van der Waals surface area contributed by atoms with Crippen LogP contribution in [-0.4, -0.2) is 52.4 Å². The van der Waals surface area contributed by atoms with Gasteiger partial charge in [0.15, 0.2) is 0 Å². The summed E-state index contributed by atoms with van der Waals surface area (Å²) in [4.78, 5) is 36.2. The van der Waals surface area contributed by atoms with Crippen molar-refractivity contribution in [2.75, 3.05) is 24.5 Å². The Labute approximate surface area is 161 Å². The van der Waals surface area contributed by atoms with Crippen molar-refractivity contribution in [1.29, 1.82) is 0 Å². The maximum atomic E-state index is 12.0. The summed E-state index contributed by atoms with van der Waals surface area (Å²) in [6, 6.07) is 3.20. The van der Waals surface area contributed by atoms with Gasteiger partial charge in [0.2, 0.25) is 11.8 Å². The fourth-order valence-corrected chi connectivity index (χ4v) is 3.95. The Balaban J connectivity index is 1.72. The van der Waals surface area contributed by atoms with E-state index < -0.39 is 11.9 Å². The molecule has 2 heterocycles. The van der Waals surface area contributed by atoms with Crippen molar-refractivity contribution in [3.63, 3.8) is 0 Å². The number of amides is 2. The number of piperazine rings is 1. The highest BCUT2D eigenvalue weighted by molar-refractivity contribution is 6.32. The molecule has 7 nitrogen and oxygen atoms in total. The molecule has 1 aromatic heterocycles. The van der Waals surface area contributed by atoms with E-state index in [2.05, 4.69) is 22.6 Å². The van der Waals surface area contributed by atoms with E-state index in [-0.39, 0.29) is 12.5 Å². The molecule has 1 aliphatic carbocycles. The Bertz CT molecular complexity index is 943. The molecule has 2 aliphatic rings. The number of rotatable bonds is 4. The monoisotopic (exact) mass is 385 g/mol. The van der Waals surface area contributed by atoms with Crippen LogP contribution in [0.15, 0.2) is 31.1 Å². The molecule has 1 unspecified atom stereocenters. The lowest BCUT2D eigenvalue weighted by Gasteiger charge is -2.40. The number of nitrogens with two attached hydrogens (primary N) is 1. The van der Waals surface area contributed by atoms with Crippen molar-refractivity contribution in [2.24, 2.45) is 5.73 Å². The highest BCUT2D eigenvalue weighted by Gasteiger charge is 2.34. The minimum atomic E-state index is -0.732. The van der Waals surface area contributed by atoms with Crippen molar-refractivity contribution in [2.45, 2.75) is 24.8 Å². The zero-order valence-corrected chi connectivity index (χ0v) is 15.5. The number of anilines is 1. The van der Waals surface area contributed by atoms with Crippen molar-refractivity contribution in [1.82, 2.24) is 14.9 Å². The van der Waals surface area contributed by atoms with Crippen LogP contribution >= 0.6 is 11.6 Å². The number of carbonyl (C=O) groups is 2. The summed E-state index contributed by atoms with van der Waals surface area (Å²) in [5.74, 6) is 0.384. The molecule has 0 radical (unpaired) electrons.